The van der Waals surface area contributed by atoms with Gasteiger partial charge in [0.15, 0.2) is 11.5 Å². The molecular weight excluding hydrogens is 262 g/mol. The molecule has 2 heterocycles. The minimum atomic E-state index is -0.778. The van der Waals surface area contributed by atoms with Gasteiger partial charge in [-0.1, -0.05) is 15.9 Å². The smallest absolute Gasteiger partial charge is 0.231 e. The van der Waals surface area contributed by atoms with Crippen molar-refractivity contribution >= 4 is 15.9 Å². The molecule has 1 aromatic rings. The molecule has 0 spiro atoms. The Bertz CT molecular complexity index is 417. The summed E-state index contributed by atoms with van der Waals surface area (Å²) >= 11 is 3.44. The normalized spacial score (nSPS) is 21.2. The van der Waals surface area contributed by atoms with Crippen LogP contribution in [0.1, 0.15) is 5.56 Å². The maximum atomic E-state index is 10.2. The van der Waals surface area contributed by atoms with Crippen LogP contribution in [0.4, 0.5) is 0 Å². The van der Waals surface area contributed by atoms with Gasteiger partial charge in [0.25, 0.3) is 0 Å². The predicted octanol–water partition coefficient (Wildman–Crippen LogP) is 0.969. The SMILES string of the molecule is OC1(c2cc3c(cc2Br)OCO3)CNC1. The summed E-state index contributed by atoms with van der Waals surface area (Å²) in [6.45, 7) is 1.40. The minimum absolute atomic E-state index is 0.252. The molecule has 0 atom stereocenters. The molecule has 4 nitrogen and oxygen atoms in total. The second-order valence-electron chi connectivity index (χ2n) is 3.82. The summed E-state index contributed by atoms with van der Waals surface area (Å²) in [6, 6.07) is 3.68. The summed E-state index contributed by atoms with van der Waals surface area (Å²) in [5.74, 6) is 1.43. The van der Waals surface area contributed by atoms with Crippen LogP contribution in [0, 0.1) is 0 Å². The summed E-state index contributed by atoms with van der Waals surface area (Å²) in [5, 5.41) is 13.3. The molecule has 0 saturated carbocycles. The lowest BCUT2D eigenvalue weighted by Crippen LogP contribution is -2.56. The lowest BCUT2D eigenvalue weighted by atomic mass is 9.88. The monoisotopic (exact) mass is 271 g/mol. The molecule has 15 heavy (non-hydrogen) atoms. The second kappa shape index (κ2) is 3.10. The Balaban J connectivity index is 2.08. The van der Waals surface area contributed by atoms with E-state index >= 15 is 0 Å². The van der Waals surface area contributed by atoms with Gasteiger partial charge < -0.3 is 19.9 Å². The van der Waals surface area contributed by atoms with Crippen molar-refractivity contribution in [1.29, 1.82) is 0 Å². The summed E-state index contributed by atoms with van der Waals surface area (Å²) in [6.07, 6.45) is 0. The van der Waals surface area contributed by atoms with E-state index < -0.39 is 5.60 Å². The fraction of sp³-hybridized carbons (Fsp3) is 0.400. The van der Waals surface area contributed by atoms with E-state index in [0.29, 0.717) is 18.8 Å². The molecule has 0 amide bonds. The van der Waals surface area contributed by atoms with Gasteiger partial charge in [-0.05, 0) is 12.1 Å². The highest BCUT2D eigenvalue weighted by Gasteiger charge is 2.38. The average molecular weight is 272 g/mol. The van der Waals surface area contributed by atoms with Crippen molar-refractivity contribution in [2.75, 3.05) is 19.9 Å². The molecule has 1 fully saturated rings. The lowest BCUT2D eigenvalue weighted by Gasteiger charge is -2.38. The van der Waals surface area contributed by atoms with Crippen LogP contribution in [-0.4, -0.2) is 25.0 Å². The number of halogens is 1. The number of ether oxygens (including phenoxy) is 2. The number of rotatable bonds is 1. The van der Waals surface area contributed by atoms with Gasteiger partial charge in [0.2, 0.25) is 6.79 Å². The van der Waals surface area contributed by atoms with Gasteiger partial charge in [0.05, 0.1) is 0 Å². The number of nitrogens with one attached hydrogen (secondary N) is 1. The van der Waals surface area contributed by atoms with Gasteiger partial charge in [-0.2, -0.15) is 0 Å². The molecule has 0 radical (unpaired) electrons. The molecule has 0 aliphatic carbocycles. The largest absolute Gasteiger partial charge is 0.454 e. The Morgan fingerprint density at radius 1 is 1.27 bits per heavy atom. The first-order chi connectivity index (χ1) is 7.19. The van der Waals surface area contributed by atoms with Gasteiger partial charge in [-0.3, -0.25) is 0 Å². The zero-order chi connectivity index (χ0) is 10.5. The molecule has 1 saturated heterocycles. The molecule has 80 valence electrons. The third-order valence-electron chi connectivity index (χ3n) is 2.80. The van der Waals surface area contributed by atoms with Crippen LogP contribution in [0.5, 0.6) is 11.5 Å². The van der Waals surface area contributed by atoms with Crippen LogP contribution < -0.4 is 14.8 Å². The van der Waals surface area contributed by atoms with E-state index in [9.17, 15) is 5.11 Å². The number of benzene rings is 1. The van der Waals surface area contributed by atoms with Crippen LogP contribution in [-0.2, 0) is 5.60 Å². The average Bonchev–Trinajstić information content (AvgIpc) is 2.60. The Morgan fingerprint density at radius 2 is 1.93 bits per heavy atom. The quantitative estimate of drug-likeness (QED) is 0.799. The Hall–Kier alpha value is -0.780. The van der Waals surface area contributed by atoms with Crippen molar-refractivity contribution in [2.45, 2.75) is 5.60 Å². The highest BCUT2D eigenvalue weighted by molar-refractivity contribution is 9.10. The third-order valence-corrected chi connectivity index (χ3v) is 3.45. The standard InChI is InChI=1S/C10H10BrNO3/c11-7-2-9-8(14-5-15-9)1-6(7)10(13)3-12-4-10/h1-2,12-13H,3-5H2. The zero-order valence-electron chi connectivity index (χ0n) is 7.92. The molecule has 1 aromatic carbocycles. The second-order valence-corrected chi connectivity index (χ2v) is 4.67. The fourth-order valence-corrected chi connectivity index (χ4v) is 2.52. The summed E-state index contributed by atoms with van der Waals surface area (Å²) in [7, 11) is 0. The first-order valence-electron chi connectivity index (χ1n) is 4.72. The van der Waals surface area contributed by atoms with E-state index in [1.54, 1.807) is 0 Å². The first kappa shape index (κ1) is 9.45. The number of β-amino-alcohol motifs (C(OH)–C–C–N with tert-alkyl or cyclic N) is 1. The van der Waals surface area contributed by atoms with Crippen LogP contribution in [0.2, 0.25) is 0 Å². The van der Waals surface area contributed by atoms with Gasteiger partial charge in [0, 0.05) is 23.1 Å². The minimum Gasteiger partial charge on any atom is -0.454 e. The molecular formula is C10H10BrNO3. The van der Waals surface area contributed by atoms with Gasteiger partial charge in [-0.25, -0.2) is 0 Å². The van der Waals surface area contributed by atoms with E-state index in [-0.39, 0.29) is 6.79 Å². The summed E-state index contributed by atoms with van der Waals surface area (Å²) < 4.78 is 11.4. The molecule has 0 unspecified atom stereocenters. The molecule has 2 aliphatic rings. The molecule has 0 aromatic heterocycles. The van der Waals surface area contributed by atoms with E-state index in [1.165, 1.54) is 0 Å². The molecule has 5 heteroatoms. The Morgan fingerprint density at radius 3 is 2.53 bits per heavy atom. The van der Waals surface area contributed by atoms with Crippen LogP contribution >= 0.6 is 15.9 Å². The van der Waals surface area contributed by atoms with E-state index in [0.717, 1.165) is 15.8 Å². The number of fused-ring (bicyclic) bond motifs is 1. The Kier molecular flexibility index (Phi) is 1.95. The summed E-state index contributed by atoms with van der Waals surface area (Å²) in [5.41, 5.74) is 0.0744. The number of aliphatic hydroxyl groups is 1. The molecule has 3 rings (SSSR count). The van der Waals surface area contributed by atoms with E-state index in [4.69, 9.17) is 9.47 Å². The van der Waals surface area contributed by atoms with Crippen molar-refractivity contribution in [1.82, 2.24) is 5.32 Å². The molecule has 2 aliphatic heterocycles. The predicted molar refractivity (Wildman–Crippen MR) is 57.0 cm³/mol. The van der Waals surface area contributed by atoms with Crippen molar-refractivity contribution in [3.8, 4) is 11.5 Å². The third kappa shape index (κ3) is 1.34. The number of hydrogen-bond donors (Lipinski definition) is 2. The zero-order valence-corrected chi connectivity index (χ0v) is 9.50. The van der Waals surface area contributed by atoms with E-state index in [1.807, 2.05) is 12.1 Å². The van der Waals surface area contributed by atoms with Gasteiger partial charge in [-0.15, -0.1) is 0 Å². The van der Waals surface area contributed by atoms with Crippen LogP contribution in [0.25, 0.3) is 0 Å². The van der Waals surface area contributed by atoms with Crippen molar-refractivity contribution in [2.24, 2.45) is 0 Å². The highest BCUT2D eigenvalue weighted by Crippen LogP contribution is 2.41. The van der Waals surface area contributed by atoms with Crippen molar-refractivity contribution < 1.29 is 14.6 Å². The Labute approximate surface area is 95.3 Å². The van der Waals surface area contributed by atoms with Crippen molar-refractivity contribution in [3.05, 3.63) is 22.2 Å². The highest BCUT2D eigenvalue weighted by atomic mass is 79.9. The molecule has 0 bridgehead atoms. The van der Waals surface area contributed by atoms with Gasteiger partial charge >= 0.3 is 0 Å². The van der Waals surface area contributed by atoms with E-state index in [2.05, 4.69) is 21.2 Å². The summed E-state index contributed by atoms with van der Waals surface area (Å²) in [4.78, 5) is 0. The maximum absolute atomic E-state index is 10.2. The van der Waals surface area contributed by atoms with Gasteiger partial charge in [0.1, 0.15) is 5.60 Å². The topological polar surface area (TPSA) is 50.7 Å². The lowest BCUT2D eigenvalue weighted by molar-refractivity contribution is -0.0154. The maximum Gasteiger partial charge on any atom is 0.231 e. The molecule has 2 N–H and O–H groups in total. The van der Waals surface area contributed by atoms with Crippen LogP contribution in [0.3, 0.4) is 0 Å². The number of hydrogen-bond acceptors (Lipinski definition) is 4. The first-order valence-corrected chi connectivity index (χ1v) is 5.51. The fourth-order valence-electron chi connectivity index (χ4n) is 1.83. The van der Waals surface area contributed by atoms with Crippen LogP contribution in [0.15, 0.2) is 16.6 Å². The van der Waals surface area contributed by atoms with Crippen molar-refractivity contribution in [3.63, 3.8) is 0 Å².